The van der Waals surface area contributed by atoms with E-state index in [1.54, 1.807) is 7.11 Å². The van der Waals surface area contributed by atoms with Crippen molar-refractivity contribution in [2.75, 3.05) is 27.4 Å². The summed E-state index contributed by atoms with van der Waals surface area (Å²) < 4.78 is 11.6. The Kier molecular flexibility index (Phi) is 3.99. The number of rotatable bonds is 2. The largest absolute Gasteiger partial charge is 0.497 e. The van der Waals surface area contributed by atoms with Gasteiger partial charge in [-0.05, 0) is 37.6 Å². The van der Waals surface area contributed by atoms with E-state index in [9.17, 15) is 0 Å². The minimum atomic E-state index is 0.0688. The molecule has 0 bridgehead atoms. The fourth-order valence-corrected chi connectivity index (χ4v) is 3.76. The van der Waals surface area contributed by atoms with Gasteiger partial charge in [-0.1, -0.05) is 31.4 Å². The zero-order valence-electron chi connectivity index (χ0n) is 12.6. The van der Waals surface area contributed by atoms with E-state index in [-0.39, 0.29) is 5.60 Å². The summed E-state index contributed by atoms with van der Waals surface area (Å²) in [7, 11) is 3.86. The lowest BCUT2D eigenvalue weighted by molar-refractivity contribution is -0.161. The van der Waals surface area contributed by atoms with Crippen LogP contribution in [-0.2, 0) is 4.74 Å². The third-order valence-electron chi connectivity index (χ3n) is 4.92. The summed E-state index contributed by atoms with van der Waals surface area (Å²) in [5, 5.41) is 0. The average Bonchev–Trinajstić information content (AvgIpc) is 2.51. The van der Waals surface area contributed by atoms with Crippen LogP contribution in [-0.4, -0.2) is 37.9 Å². The van der Waals surface area contributed by atoms with Gasteiger partial charge >= 0.3 is 0 Å². The van der Waals surface area contributed by atoms with Crippen molar-refractivity contribution in [1.29, 1.82) is 0 Å². The molecule has 3 rings (SSSR count). The quantitative estimate of drug-likeness (QED) is 0.825. The van der Waals surface area contributed by atoms with Crippen molar-refractivity contribution in [3.8, 4) is 5.75 Å². The number of likely N-dealkylation sites (N-methyl/N-ethyl adjacent to an activating group) is 1. The van der Waals surface area contributed by atoms with E-state index in [4.69, 9.17) is 9.47 Å². The van der Waals surface area contributed by atoms with Gasteiger partial charge in [0.15, 0.2) is 0 Å². The van der Waals surface area contributed by atoms with E-state index in [2.05, 4.69) is 36.2 Å². The molecule has 0 radical (unpaired) electrons. The summed E-state index contributed by atoms with van der Waals surface area (Å²) >= 11 is 0. The molecular formula is C17H25NO2. The van der Waals surface area contributed by atoms with Crippen molar-refractivity contribution in [3.63, 3.8) is 0 Å². The highest BCUT2D eigenvalue weighted by molar-refractivity contribution is 5.32. The molecule has 110 valence electrons. The van der Waals surface area contributed by atoms with Crippen molar-refractivity contribution >= 4 is 0 Å². The summed E-state index contributed by atoms with van der Waals surface area (Å²) in [6.45, 7) is 1.86. The second kappa shape index (κ2) is 5.74. The lowest BCUT2D eigenvalue weighted by Crippen LogP contribution is -2.52. The molecule has 0 N–H and O–H groups in total. The molecule has 1 aromatic rings. The van der Waals surface area contributed by atoms with Crippen LogP contribution in [0.1, 0.15) is 43.6 Å². The predicted octanol–water partition coefficient (Wildman–Crippen LogP) is 3.40. The SMILES string of the molecule is COc1ccc(C2CN(C)COC23CCCCC3)cc1. The number of nitrogens with zero attached hydrogens (tertiary/aromatic N) is 1. The lowest BCUT2D eigenvalue weighted by Gasteiger charge is -2.49. The molecule has 3 heteroatoms. The van der Waals surface area contributed by atoms with Gasteiger partial charge in [-0.15, -0.1) is 0 Å². The van der Waals surface area contributed by atoms with Gasteiger partial charge in [-0.25, -0.2) is 0 Å². The fourth-order valence-electron chi connectivity index (χ4n) is 3.76. The maximum absolute atomic E-state index is 6.34. The minimum absolute atomic E-state index is 0.0688. The third kappa shape index (κ3) is 2.57. The Morgan fingerprint density at radius 1 is 1.15 bits per heavy atom. The van der Waals surface area contributed by atoms with Crippen LogP contribution in [0.25, 0.3) is 0 Å². The third-order valence-corrected chi connectivity index (χ3v) is 4.92. The summed E-state index contributed by atoms with van der Waals surface area (Å²) in [5.41, 5.74) is 1.46. The van der Waals surface area contributed by atoms with Crippen LogP contribution in [0.15, 0.2) is 24.3 Å². The molecule has 1 aliphatic carbocycles. The maximum Gasteiger partial charge on any atom is 0.118 e. The minimum Gasteiger partial charge on any atom is -0.497 e. The first-order valence-corrected chi connectivity index (χ1v) is 7.70. The monoisotopic (exact) mass is 275 g/mol. The second-order valence-electron chi connectivity index (χ2n) is 6.26. The van der Waals surface area contributed by atoms with Crippen molar-refractivity contribution in [2.45, 2.75) is 43.6 Å². The van der Waals surface area contributed by atoms with E-state index in [0.717, 1.165) is 19.0 Å². The Balaban J connectivity index is 1.88. The molecule has 0 amide bonds. The zero-order chi connectivity index (χ0) is 14.0. The summed E-state index contributed by atoms with van der Waals surface area (Å²) in [6.07, 6.45) is 6.37. The normalized spacial score (nSPS) is 26.6. The molecule has 0 aromatic heterocycles. The molecule has 1 unspecified atom stereocenters. The van der Waals surface area contributed by atoms with Gasteiger partial charge in [0.1, 0.15) is 5.75 Å². The van der Waals surface area contributed by atoms with E-state index in [0.29, 0.717) is 5.92 Å². The molecule has 1 aromatic carbocycles. The first-order chi connectivity index (χ1) is 9.73. The highest BCUT2D eigenvalue weighted by Gasteiger charge is 2.44. The molecule has 2 aliphatic rings. The van der Waals surface area contributed by atoms with Crippen LogP contribution in [0.2, 0.25) is 0 Å². The fraction of sp³-hybridized carbons (Fsp3) is 0.647. The van der Waals surface area contributed by atoms with Crippen LogP contribution in [0.4, 0.5) is 0 Å². The smallest absolute Gasteiger partial charge is 0.118 e. The average molecular weight is 275 g/mol. The molecular weight excluding hydrogens is 250 g/mol. The molecule has 1 saturated carbocycles. The molecule has 20 heavy (non-hydrogen) atoms. The number of methoxy groups -OCH3 is 1. The first kappa shape index (κ1) is 13.9. The number of benzene rings is 1. The summed E-state index contributed by atoms with van der Waals surface area (Å²) in [5.74, 6) is 1.41. The van der Waals surface area contributed by atoms with E-state index >= 15 is 0 Å². The molecule has 1 spiro atoms. The Morgan fingerprint density at radius 2 is 1.85 bits per heavy atom. The molecule has 1 aliphatic heterocycles. The van der Waals surface area contributed by atoms with Gasteiger partial charge in [0.25, 0.3) is 0 Å². The van der Waals surface area contributed by atoms with Crippen LogP contribution in [0.5, 0.6) is 5.75 Å². The van der Waals surface area contributed by atoms with Crippen LogP contribution in [0, 0.1) is 0 Å². The van der Waals surface area contributed by atoms with Crippen LogP contribution >= 0.6 is 0 Å². The van der Waals surface area contributed by atoms with Crippen LogP contribution < -0.4 is 4.74 Å². The van der Waals surface area contributed by atoms with Gasteiger partial charge in [0, 0.05) is 12.5 Å². The highest BCUT2D eigenvalue weighted by Crippen LogP contribution is 2.45. The van der Waals surface area contributed by atoms with Gasteiger partial charge < -0.3 is 9.47 Å². The van der Waals surface area contributed by atoms with Crippen molar-refractivity contribution < 1.29 is 9.47 Å². The van der Waals surface area contributed by atoms with Gasteiger partial charge in [-0.3, -0.25) is 4.90 Å². The summed E-state index contributed by atoms with van der Waals surface area (Å²) in [4.78, 5) is 2.29. The van der Waals surface area contributed by atoms with Gasteiger partial charge in [0.2, 0.25) is 0 Å². The highest BCUT2D eigenvalue weighted by atomic mass is 16.5. The number of hydrogen-bond acceptors (Lipinski definition) is 3. The molecule has 2 fully saturated rings. The van der Waals surface area contributed by atoms with Gasteiger partial charge in [-0.2, -0.15) is 0 Å². The Labute approximate surface area is 121 Å². The molecule has 1 atom stereocenters. The van der Waals surface area contributed by atoms with Gasteiger partial charge in [0.05, 0.1) is 19.4 Å². The number of hydrogen-bond donors (Lipinski definition) is 0. The molecule has 3 nitrogen and oxygen atoms in total. The number of ether oxygens (including phenoxy) is 2. The Bertz CT molecular complexity index is 437. The first-order valence-electron chi connectivity index (χ1n) is 7.70. The van der Waals surface area contributed by atoms with Crippen molar-refractivity contribution in [2.24, 2.45) is 0 Å². The van der Waals surface area contributed by atoms with Crippen molar-refractivity contribution in [1.82, 2.24) is 4.90 Å². The topological polar surface area (TPSA) is 21.7 Å². The summed E-state index contributed by atoms with van der Waals surface area (Å²) in [6, 6.07) is 8.56. The molecule has 1 heterocycles. The Morgan fingerprint density at radius 3 is 2.50 bits per heavy atom. The maximum atomic E-state index is 6.34. The standard InChI is InChI=1S/C17H25NO2/c1-18-12-16(14-6-8-15(19-2)9-7-14)17(20-13-18)10-4-3-5-11-17/h6-9,16H,3-5,10-13H2,1-2H3. The van der Waals surface area contributed by atoms with E-state index < -0.39 is 0 Å². The van der Waals surface area contributed by atoms with E-state index in [1.807, 2.05) is 0 Å². The predicted molar refractivity (Wildman–Crippen MR) is 80.1 cm³/mol. The van der Waals surface area contributed by atoms with Crippen molar-refractivity contribution in [3.05, 3.63) is 29.8 Å². The second-order valence-corrected chi connectivity index (χ2v) is 6.26. The zero-order valence-corrected chi connectivity index (χ0v) is 12.6. The Hall–Kier alpha value is -1.06. The molecule has 1 saturated heterocycles. The lowest BCUT2D eigenvalue weighted by atomic mass is 9.71. The van der Waals surface area contributed by atoms with Crippen LogP contribution in [0.3, 0.4) is 0 Å². The van der Waals surface area contributed by atoms with E-state index in [1.165, 1.54) is 37.7 Å².